The smallest absolute Gasteiger partial charge is 0.225 e. The van der Waals surface area contributed by atoms with E-state index in [0.717, 1.165) is 19.6 Å². The van der Waals surface area contributed by atoms with E-state index in [2.05, 4.69) is 17.0 Å². The Labute approximate surface area is 145 Å². The van der Waals surface area contributed by atoms with Crippen LogP contribution in [0.2, 0.25) is 0 Å². The van der Waals surface area contributed by atoms with Gasteiger partial charge >= 0.3 is 0 Å². The van der Waals surface area contributed by atoms with Crippen LogP contribution < -0.4 is 0 Å². The number of amides is 1. The fourth-order valence-corrected chi connectivity index (χ4v) is 3.09. The van der Waals surface area contributed by atoms with E-state index in [1.54, 1.807) is 11.8 Å². The van der Waals surface area contributed by atoms with Crippen LogP contribution in [-0.2, 0) is 16.1 Å². The molecule has 5 heteroatoms. The minimum Gasteiger partial charge on any atom is -0.392 e. The number of carbonyl (C=O) groups excluding carboxylic acids is 1. The van der Waals surface area contributed by atoms with Crippen molar-refractivity contribution in [1.82, 2.24) is 9.80 Å². The molecule has 2 rings (SSSR count). The highest BCUT2D eigenvalue weighted by atomic mass is 16.5. The molecule has 1 amide bonds. The lowest BCUT2D eigenvalue weighted by Gasteiger charge is -2.35. The highest BCUT2D eigenvalue weighted by molar-refractivity contribution is 5.77. The zero-order valence-electron chi connectivity index (χ0n) is 15.0. The van der Waals surface area contributed by atoms with E-state index in [-0.39, 0.29) is 18.1 Å². The van der Waals surface area contributed by atoms with Gasteiger partial charge in [0.2, 0.25) is 5.91 Å². The zero-order valence-corrected chi connectivity index (χ0v) is 15.0. The third kappa shape index (κ3) is 5.89. The van der Waals surface area contributed by atoms with Crippen molar-refractivity contribution < 1.29 is 14.6 Å². The SMILES string of the molecule is CC(O)CN(C(=O)CC1CN(Cc2ccccc2)CCO1)C(C)C. The molecule has 0 radical (unpaired) electrons. The largest absolute Gasteiger partial charge is 0.392 e. The third-order valence-electron chi connectivity index (χ3n) is 4.28. The maximum atomic E-state index is 12.6. The first-order valence-electron chi connectivity index (χ1n) is 8.81. The van der Waals surface area contributed by atoms with Gasteiger partial charge in [0, 0.05) is 32.2 Å². The summed E-state index contributed by atoms with van der Waals surface area (Å²) in [6.45, 7) is 9.23. The van der Waals surface area contributed by atoms with E-state index in [1.165, 1.54) is 5.56 Å². The molecule has 1 N–H and O–H groups in total. The number of aliphatic hydroxyl groups is 1. The van der Waals surface area contributed by atoms with Gasteiger partial charge in [-0.25, -0.2) is 0 Å². The molecule has 1 aliphatic rings. The van der Waals surface area contributed by atoms with Gasteiger partial charge in [-0.3, -0.25) is 9.69 Å². The van der Waals surface area contributed by atoms with Crippen LogP contribution in [0.1, 0.15) is 32.8 Å². The predicted molar refractivity (Wildman–Crippen MR) is 94.6 cm³/mol. The number of benzene rings is 1. The number of ether oxygens (including phenoxy) is 1. The summed E-state index contributed by atoms with van der Waals surface area (Å²) in [5.41, 5.74) is 1.28. The molecular formula is C19H30N2O3. The first kappa shape index (κ1) is 18.9. The Morgan fingerprint density at radius 1 is 1.33 bits per heavy atom. The second kappa shape index (κ2) is 9.16. The summed E-state index contributed by atoms with van der Waals surface area (Å²) in [6, 6.07) is 10.4. The van der Waals surface area contributed by atoms with Gasteiger partial charge in [0.25, 0.3) is 0 Å². The third-order valence-corrected chi connectivity index (χ3v) is 4.28. The van der Waals surface area contributed by atoms with E-state index in [1.807, 2.05) is 32.0 Å². The van der Waals surface area contributed by atoms with Crippen molar-refractivity contribution in [3.05, 3.63) is 35.9 Å². The summed E-state index contributed by atoms with van der Waals surface area (Å²) in [5.74, 6) is 0.0532. The van der Waals surface area contributed by atoms with Gasteiger partial charge in [0.15, 0.2) is 0 Å². The maximum Gasteiger partial charge on any atom is 0.225 e. The second-order valence-electron chi connectivity index (χ2n) is 6.91. The van der Waals surface area contributed by atoms with Gasteiger partial charge in [-0.2, -0.15) is 0 Å². The fourth-order valence-electron chi connectivity index (χ4n) is 3.09. The van der Waals surface area contributed by atoms with Gasteiger partial charge in [-0.1, -0.05) is 30.3 Å². The van der Waals surface area contributed by atoms with Gasteiger partial charge < -0.3 is 14.7 Å². The maximum absolute atomic E-state index is 12.6. The Hall–Kier alpha value is -1.43. The molecule has 0 spiro atoms. The van der Waals surface area contributed by atoms with E-state index >= 15 is 0 Å². The van der Waals surface area contributed by atoms with Crippen molar-refractivity contribution in [2.75, 3.05) is 26.2 Å². The number of aliphatic hydroxyl groups excluding tert-OH is 1. The fraction of sp³-hybridized carbons (Fsp3) is 0.632. The summed E-state index contributed by atoms with van der Waals surface area (Å²) in [7, 11) is 0. The number of hydrogen-bond acceptors (Lipinski definition) is 4. The first-order chi connectivity index (χ1) is 11.5. The molecule has 1 aromatic carbocycles. The number of hydrogen-bond donors (Lipinski definition) is 1. The molecule has 24 heavy (non-hydrogen) atoms. The average molecular weight is 334 g/mol. The predicted octanol–water partition coefficient (Wildman–Crippen LogP) is 1.90. The number of rotatable bonds is 7. The van der Waals surface area contributed by atoms with Crippen LogP contribution in [0.4, 0.5) is 0 Å². The van der Waals surface area contributed by atoms with Crippen molar-refractivity contribution in [2.24, 2.45) is 0 Å². The summed E-state index contributed by atoms with van der Waals surface area (Å²) >= 11 is 0. The monoisotopic (exact) mass is 334 g/mol. The van der Waals surface area contributed by atoms with E-state index < -0.39 is 6.10 Å². The van der Waals surface area contributed by atoms with Crippen LogP contribution in [0.15, 0.2) is 30.3 Å². The number of nitrogens with zero attached hydrogens (tertiary/aromatic N) is 2. The van der Waals surface area contributed by atoms with Crippen LogP contribution in [-0.4, -0.2) is 65.3 Å². The van der Waals surface area contributed by atoms with Crippen molar-refractivity contribution in [2.45, 2.75) is 52.0 Å². The zero-order chi connectivity index (χ0) is 17.5. The second-order valence-corrected chi connectivity index (χ2v) is 6.91. The highest BCUT2D eigenvalue weighted by Crippen LogP contribution is 2.15. The van der Waals surface area contributed by atoms with Gasteiger partial charge in [0.1, 0.15) is 0 Å². The normalized spacial score (nSPS) is 20.1. The first-order valence-corrected chi connectivity index (χ1v) is 8.81. The minimum absolute atomic E-state index is 0.0532. The lowest BCUT2D eigenvalue weighted by molar-refractivity contribution is -0.139. The molecule has 5 nitrogen and oxygen atoms in total. The molecule has 1 aliphatic heterocycles. The molecule has 0 saturated carbocycles. The molecule has 1 saturated heterocycles. The van der Waals surface area contributed by atoms with Crippen molar-refractivity contribution >= 4 is 5.91 Å². The molecule has 1 fully saturated rings. The van der Waals surface area contributed by atoms with Crippen LogP contribution in [0.3, 0.4) is 0 Å². The van der Waals surface area contributed by atoms with E-state index in [9.17, 15) is 9.90 Å². The Morgan fingerprint density at radius 3 is 2.67 bits per heavy atom. The highest BCUT2D eigenvalue weighted by Gasteiger charge is 2.26. The molecule has 0 aliphatic carbocycles. The lowest BCUT2D eigenvalue weighted by atomic mass is 10.1. The van der Waals surface area contributed by atoms with Crippen molar-refractivity contribution in [1.29, 1.82) is 0 Å². The summed E-state index contributed by atoms with van der Waals surface area (Å²) in [6.07, 6.45) is -0.223. The molecule has 0 bridgehead atoms. The molecule has 2 unspecified atom stereocenters. The molecule has 134 valence electrons. The topological polar surface area (TPSA) is 53.0 Å². The van der Waals surface area contributed by atoms with Crippen LogP contribution in [0, 0.1) is 0 Å². The van der Waals surface area contributed by atoms with E-state index in [4.69, 9.17) is 4.74 Å². The van der Waals surface area contributed by atoms with E-state index in [0.29, 0.717) is 19.6 Å². The van der Waals surface area contributed by atoms with Gasteiger partial charge in [0.05, 0.1) is 25.2 Å². The summed E-state index contributed by atoms with van der Waals surface area (Å²) in [4.78, 5) is 16.6. The quantitative estimate of drug-likeness (QED) is 0.827. The summed E-state index contributed by atoms with van der Waals surface area (Å²) in [5, 5.41) is 9.60. The van der Waals surface area contributed by atoms with Crippen molar-refractivity contribution in [3.8, 4) is 0 Å². The minimum atomic E-state index is -0.516. The average Bonchev–Trinajstić information content (AvgIpc) is 2.53. The molecule has 1 heterocycles. The Bertz CT molecular complexity index is 505. The number of carbonyl (C=O) groups is 1. The standard InChI is InChI=1S/C19H30N2O3/c1-15(2)21(12-16(3)22)19(23)11-18-14-20(9-10-24-18)13-17-7-5-4-6-8-17/h4-8,15-16,18,22H,9-14H2,1-3H3. The van der Waals surface area contributed by atoms with Crippen LogP contribution >= 0.6 is 0 Å². The van der Waals surface area contributed by atoms with Gasteiger partial charge in [-0.15, -0.1) is 0 Å². The van der Waals surface area contributed by atoms with Crippen molar-refractivity contribution in [3.63, 3.8) is 0 Å². The Balaban J connectivity index is 1.88. The molecule has 1 aromatic rings. The molecule has 0 aromatic heterocycles. The summed E-state index contributed by atoms with van der Waals surface area (Å²) < 4.78 is 5.80. The van der Waals surface area contributed by atoms with Gasteiger partial charge in [-0.05, 0) is 26.3 Å². The van der Waals surface area contributed by atoms with Crippen LogP contribution in [0.25, 0.3) is 0 Å². The molecular weight excluding hydrogens is 304 g/mol. The number of morpholine rings is 1. The Morgan fingerprint density at radius 2 is 2.04 bits per heavy atom. The Kier molecular flexibility index (Phi) is 7.21. The van der Waals surface area contributed by atoms with Crippen LogP contribution in [0.5, 0.6) is 0 Å². The molecule has 2 atom stereocenters. The lowest BCUT2D eigenvalue weighted by Crippen LogP contribution is -2.47.